The minimum Gasteiger partial charge on any atom is -0.344 e. The second-order valence-corrected chi connectivity index (χ2v) is 6.17. The van der Waals surface area contributed by atoms with Gasteiger partial charge in [-0.1, -0.05) is 13.8 Å². The molecule has 2 rings (SSSR count). The first-order valence-corrected chi connectivity index (χ1v) is 7.74. The van der Waals surface area contributed by atoms with Crippen LogP contribution in [-0.4, -0.2) is 16.5 Å². The quantitative estimate of drug-likeness (QED) is 0.767. The first kappa shape index (κ1) is 15.1. The molecule has 0 saturated carbocycles. The fraction of sp³-hybridized carbons (Fsp3) is 0.400. The van der Waals surface area contributed by atoms with Crippen LogP contribution in [0.2, 0.25) is 0 Å². The van der Waals surface area contributed by atoms with Crippen LogP contribution in [0.3, 0.4) is 0 Å². The van der Waals surface area contributed by atoms with E-state index < -0.39 is 0 Å². The lowest BCUT2D eigenvalue weighted by Crippen LogP contribution is -2.19. The average molecular weight is 293 g/mol. The molecule has 0 aliphatic carbocycles. The maximum absolute atomic E-state index is 12.8. The van der Waals surface area contributed by atoms with Gasteiger partial charge in [0.15, 0.2) is 0 Å². The van der Waals surface area contributed by atoms with Crippen molar-refractivity contribution in [2.45, 2.75) is 31.0 Å². The topological polar surface area (TPSA) is 40.7 Å². The Balaban J connectivity index is 1.79. The van der Waals surface area contributed by atoms with Crippen LogP contribution in [0.1, 0.15) is 25.4 Å². The minimum atomic E-state index is -0.203. The van der Waals surface area contributed by atoms with Gasteiger partial charge in [-0.25, -0.2) is 9.37 Å². The van der Waals surface area contributed by atoms with Gasteiger partial charge in [-0.05, 0) is 36.7 Å². The molecular weight excluding hydrogens is 273 g/mol. The average Bonchev–Trinajstić information content (AvgIpc) is 2.86. The molecule has 0 atom stereocenters. The van der Waals surface area contributed by atoms with Crippen LogP contribution < -0.4 is 5.32 Å². The molecule has 0 aliphatic rings. The van der Waals surface area contributed by atoms with E-state index in [1.54, 1.807) is 23.9 Å². The molecule has 0 aliphatic heterocycles. The summed E-state index contributed by atoms with van der Waals surface area (Å²) in [6, 6.07) is 6.53. The number of hydrogen-bond acceptors (Lipinski definition) is 3. The maximum atomic E-state index is 12.8. The SMILES string of the molecule is CC(C)CNCc1cnc(CSc2ccc(F)cc2)[nH]1. The number of H-pyrrole nitrogens is 1. The summed E-state index contributed by atoms with van der Waals surface area (Å²) >= 11 is 1.64. The van der Waals surface area contributed by atoms with Crippen LogP contribution in [0.4, 0.5) is 4.39 Å². The number of benzene rings is 1. The molecule has 3 nitrogen and oxygen atoms in total. The lowest BCUT2D eigenvalue weighted by Gasteiger charge is -2.05. The molecule has 1 aromatic heterocycles. The molecule has 1 aromatic carbocycles. The Morgan fingerprint density at radius 1 is 1.30 bits per heavy atom. The molecule has 2 aromatic rings. The molecule has 0 fully saturated rings. The van der Waals surface area contributed by atoms with E-state index in [4.69, 9.17) is 0 Å². The van der Waals surface area contributed by atoms with E-state index in [0.717, 1.165) is 35.3 Å². The van der Waals surface area contributed by atoms with Gasteiger partial charge >= 0.3 is 0 Å². The van der Waals surface area contributed by atoms with E-state index in [0.29, 0.717) is 5.92 Å². The molecule has 0 amide bonds. The third-order valence-corrected chi connectivity index (χ3v) is 3.76. The highest BCUT2D eigenvalue weighted by atomic mass is 32.2. The molecule has 108 valence electrons. The van der Waals surface area contributed by atoms with Gasteiger partial charge in [0.2, 0.25) is 0 Å². The first-order valence-electron chi connectivity index (χ1n) is 6.75. The number of rotatable bonds is 7. The number of thioether (sulfide) groups is 1. The largest absolute Gasteiger partial charge is 0.344 e. The van der Waals surface area contributed by atoms with Crippen molar-refractivity contribution in [2.75, 3.05) is 6.54 Å². The van der Waals surface area contributed by atoms with Crippen LogP contribution in [0.15, 0.2) is 35.4 Å². The van der Waals surface area contributed by atoms with Gasteiger partial charge in [-0.2, -0.15) is 0 Å². The first-order chi connectivity index (χ1) is 9.63. The third kappa shape index (κ3) is 4.98. The molecule has 2 N–H and O–H groups in total. The van der Waals surface area contributed by atoms with Crippen LogP contribution >= 0.6 is 11.8 Å². The van der Waals surface area contributed by atoms with Crippen molar-refractivity contribution in [3.05, 3.63) is 47.8 Å². The zero-order valence-corrected chi connectivity index (χ0v) is 12.6. The smallest absolute Gasteiger partial charge is 0.123 e. The molecule has 0 spiro atoms. The van der Waals surface area contributed by atoms with E-state index in [1.165, 1.54) is 12.1 Å². The van der Waals surface area contributed by atoms with Crippen molar-refractivity contribution in [3.8, 4) is 0 Å². The van der Waals surface area contributed by atoms with Gasteiger partial charge in [0.05, 0.1) is 5.75 Å². The highest BCUT2D eigenvalue weighted by Gasteiger charge is 2.02. The van der Waals surface area contributed by atoms with Crippen molar-refractivity contribution in [1.29, 1.82) is 0 Å². The highest BCUT2D eigenvalue weighted by molar-refractivity contribution is 7.98. The summed E-state index contributed by atoms with van der Waals surface area (Å²) in [6.07, 6.45) is 1.87. The number of nitrogens with one attached hydrogen (secondary N) is 2. The monoisotopic (exact) mass is 293 g/mol. The van der Waals surface area contributed by atoms with Crippen molar-refractivity contribution in [3.63, 3.8) is 0 Å². The van der Waals surface area contributed by atoms with E-state index in [9.17, 15) is 4.39 Å². The summed E-state index contributed by atoms with van der Waals surface area (Å²) in [5.41, 5.74) is 1.10. The minimum absolute atomic E-state index is 0.203. The van der Waals surface area contributed by atoms with E-state index in [2.05, 4.69) is 29.1 Å². The Hall–Kier alpha value is -1.33. The Bertz CT molecular complexity index is 522. The molecule has 0 bridgehead atoms. The standard InChI is InChI=1S/C15H20FN3S/c1-11(2)7-17-8-13-9-18-15(19-13)10-20-14-5-3-12(16)4-6-14/h3-6,9,11,17H,7-8,10H2,1-2H3,(H,18,19). The van der Waals surface area contributed by atoms with Crippen molar-refractivity contribution in [2.24, 2.45) is 5.92 Å². The van der Waals surface area contributed by atoms with Gasteiger partial charge in [0.25, 0.3) is 0 Å². The van der Waals surface area contributed by atoms with Crippen LogP contribution in [-0.2, 0) is 12.3 Å². The zero-order valence-electron chi connectivity index (χ0n) is 11.8. The van der Waals surface area contributed by atoms with E-state index >= 15 is 0 Å². The predicted molar refractivity (Wildman–Crippen MR) is 81.1 cm³/mol. The fourth-order valence-electron chi connectivity index (χ4n) is 1.75. The summed E-state index contributed by atoms with van der Waals surface area (Å²) in [4.78, 5) is 8.70. The molecule has 20 heavy (non-hydrogen) atoms. The Kier molecular flexibility index (Phi) is 5.61. The number of aromatic nitrogens is 2. The molecule has 0 unspecified atom stereocenters. The number of nitrogens with zero attached hydrogens (tertiary/aromatic N) is 1. The molecular formula is C15H20FN3S. The third-order valence-electron chi connectivity index (χ3n) is 2.74. The Morgan fingerprint density at radius 2 is 2.05 bits per heavy atom. The second-order valence-electron chi connectivity index (χ2n) is 5.12. The highest BCUT2D eigenvalue weighted by Crippen LogP contribution is 2.21. The van der Waals surface area contributed by atoms with Crippen molar-refractivity contribution < 1.29 is 4.39 Å². The number of halogens is 1. The van der Waals surface area contributed by atoms with Gasteiger partial charge in [-0.3, -0.25) is 0 Å². The van der Waals surface area contributed by atoms with Crippen LogP contribution in [0, 0.1) is 11.7 Å². The summed E-state index contributed by atoms with van der Waals surface area (Å²) < 4.78 is 12.8. The van der Waals surface area contributed by atoms with Gasteiger partial charge < -0.3 is 10.3 Å². The second kappa shape index (κ2) is 7.45. The predicted octanol–water partition coefficient (Wildman–Crippen LogP) is 3.59. The summed E-state index contributed by atoms with van der Waals surface area (Å²) in [7, 11) is 0. The van der Waals surface area contributed by atoms with Gasteiger partial charge in [0, 0.05) is 23.3 Å². The summed E-state index contributed by atoms with van der Waals surface area (Å²) in [6.45, 7) is 6.18. The maximum Gasteiger partial charge on any atom is 0.123 e. The number of imidazole rings is 1. The Morgan fingerprint density at radius 3 is 2.75 bits per heavy atom. The molecule has 5 heteroatoms. The number of hydrogen-bond donors (Lipinski definition) is 2. The molecule has 1 heterocycles. The van der Waals surface area contributed by atoms with Gasteiger partial charge in [-0.15, -0.1) is 11.8 Å². The van der Waals surface area contributed by atoms with Gasteiger partial charge in [0.1, 0.15) is 11.6 Å². The Labute approximate surface area is 123 Å². The fourth-order valence-corrected chi connectivity index (χ4v) is 2.53. The van der Waals surface area contributed by atoms with Crippen molar-refractivity contribution >= 4 is 11.8 Å². The zero-order chi connectivity index (χ0) is 14.4. The van der Waals surface area contributed by atoms with Crippen LogP contribution in [0.25, 0.3) is 0 Å². The summed E-state index contributed by atoms with van der Waals surface area (Å²) in [5, 5.41) is 3.37. The lowest BCUT2D eigenvalue weighted by molar-refractivity contribution is 0.549. The summed E-state index contributed by atoms with van der Waals surface area (Å²) in [5.74, 6) is 2.15. The van der Waals surface area contributed by atoms with Crippen molar-refractivity contribution in [1.82, 2.24) is 15.3 Å². The molecule has 0 radical (unpaired) electrons. The lowest BCUT2D eigenvalue weighted by atomic mass is 10.2. The number of aromatic amines is 1. The molecule has 0 saturated heterocycles. The normalized spacial score (nSPS) is 11.2. The van der Waals surface area contributed by atoms with E-state index in [1.807, 2.05) is 6.20 Å². The van der Waals surface area contributed by atoms with Crippen LogP contribution in [0.5, 0.6) is 0 Å². The van der Waals surface area contributed by atoms with E-state index in [-0.39, 0.29) is 5.82 Å².